The Morgan fingerprint density at radius 1 is 1.15 bits per heavy atom. The van der Waals surface area contributed by atoms with Crippen LogP contribution < -0.4 is 11.1 Å². The zero-order valence-corrected chi connectivity index (χ0v) is 13.0. The molecule has 0 spiro atoms. The fourth-order valence-corrected chi connectivity index (χ4v) is 3.78. The van der Waals surface area contributed by atoms with Crippen molar-refractivity contribution in [3.8, 4) is 0 Å². The Labute approximate surface area is 123 Å². The van der Waals surface area contributed by atoms with Crippen LogP contribution in [0.2, 0.25) is 0 Å². The van der Waals surface area contributed by atoms with Gasteiger partial charge in [0, 0.05) is 12.6 Å². The monoisotopic (exact) mass is 281 g/mol. The van der Waals surface area contributed by atoms with E-state index in [1.807, 2.05) is 0 Å². The molecule has 1 aliphatic heterocycles. The summed E-state index contributed by atoms with van der Waals surface area (Å²) in [4.78, 5) is 14.6. The molecular weight excluding hydrogens is 250 g/mol. The molecule has 1 heterocycles. The maximum absolute atomic E-state index is 12.1. The van der Waals surface area contributed by atoms with Crippen molar-refractivity contribution in [1.29, 1.82) is 0 Å². The summed E-state index contributed by atoms with van der Waals surface area (Å²) >= 11 is 0. The number of likely N-dealkylation sites (tertiary alicyclic amines) is 1. The summed E-state index contributed by atoms with van der Waals surface area (Å²) in [6, 6.07) is 0.484. The van der Waals surface area contributed by atoms with Crippen molar-refractivity contribution >= 4 is 5.91 Å². The van der Waals surface area contributed by atoms with Gasteiger partial charge in [-0.25, -0.2) is 0 Å². The van der Waals surface area contributed by atoms with Crippen molar-refractivity contribution in [3.63, 3.8) is 0 Å². The van der Waals surface area contributed by atoms with Gasteiger partial charge >= 0.3 is 0 Å². The topological polar surface area (TPSA) is 58.4 Å². The zero-order valence-electron chi connectivity index (χ0n) is 13.0. The molecule has 1 atom stereocenters. The lowest BCUT2D eigenvalue weighted by Gasteiger charge is -2.35. The molecule has 4 heteroatoms. The molecule has 0 aromatic carbocycles. The van der Waals surface area contributed by atoms with Gasteiger partial charge in [-0.05, 0) is 45.2 Å². The van der Waals surface area contributed by atoms with Crippen molar-refractivity contribution < 1.29 is 4.79 Å². The van der Waals surface area contributed by atoms with E-state index < -0.39 is 5.54 Å². The van der Waals surface area contributed by atoms with Crippen LogP contribution in [0, 0.1) is 0 Å². The fourth-order valence-electron chi connectivity index (χ4n) is 3.78. The first kappa shape index (κ1) is 15.8. The summed E-state index contributed by atoms with van der Waals surface area (Å²) in [5, 5.41) is 3.69. The second-order valence-corrected chi connectivity index (χ2v) is 6.57. The Kier molecular flexibility index (Phi) is 5.85. The number of nitrogens with zero attached hydrogens (tertiary/aromatic N) is 1. The summed E-state index contributed by atoms with van der Waals surface area (Å²) < 4.78 is 0. The molecule has 3 N–H and O–H groups in total. The second-order valence-electron chi connectivity index (χ2n) is 6.57. The smallest absolute Gasteiger partial charge is 0.237 e. The minimum atomic E-state index is -0.459. The van der Waals surface area contributed by atoms with Gasteiger partial charge in [-0.2, -0.15) is 0 Å². The third-order valence-corrected chi connectivity index (χ3v) is 5.19. The number of nitrogens with one attached hydrogen (secondary N) is 1. The number of amides is 1. The Morgan fingerprint density at radius 2 is 1.85 bits per heavy atom. The lowest BCUT2D eigenvalue weighted by molar-refractivity contribution is -0.125. The molecule has 2 aliphatic rings. The van der Waals surface area contributed by atoms with E-state index >= 15 is 0 Å². The van der Waals surface area contributed by atoms with E-state index in [0.717, 1.165) is 38.9 Å². The summed E-state index contributed by atoms with van der Waals surface area (Å²) in [7, 11) is 0. The van der Waals surface area contributed by atoms with Crippen molar-refractivity contribution in [3.05, 3.63) is 0 Å². The molecule has 4 nitrogen and oxygen atoms in total. The Balaban J connectivity index is 2.02. The highest BCUT2D eigenvalue weighted by Crippen LogP contribution is 2.26. The minimum absolute atomic E-state index is 0.139. The minimum Gasteiger partial charge on any atom is -0.368 e. The van der Waals surface area contributed by atoms with Crippen LogP contribution in [-0.2, 0) is 4.79 Å². The van der Waals surface area contributed by atoms with Crippen LogP contribution in [0.3, 0.4) is 0 Å². The molecule has 1 unspecified atom stereocenters. The van der Waals surface area contributed by atoms with Crippen LogP contribution in [0.15, 0.2) is 0 Å². The largest absolute Gasteiger partial charge is 0.368 e. The molecule has 1 amide bonds. The SMILES string of the molecule is CCN1CCCC(NC2CCCCCC2)(C(N)=O)CC1. The van der Waals surface area contributed by atoms with E-state index in [-0.39, 0.29) is 5.91 Å². The van der Waals surface area contributed by atoms with Crippen LogP contribution >= 0.6 is 0 Å². The Hall–Kier alpha value is -0.610. The number of carbonyl (C=O) groups is 1. The molecule has 0 radical (unpaired) electrons. The van der Waals surface area contributed by atoms with Crippen molar-refractivity contribution in [1.82, 2.24) is 10.2 Å². The normalized spacial score (nSPS) is 30.6. The summed E-state index contributed by atoms with van der Waals surface area (Å²) in [6.07, 6.45) is 10.5. The number of hydrogen-bond donors (Lipinski definition) is 2. The van der Waals surface area contributed by atoms with Gasteiger partial charge in [0.1, 0.15) is 0 Å². The maximum Gasteiger partial charge on any atom is 0.237 e. The van der Waals surface area contributed by atoms with E-state index in [1.54, 1.807) is 0 Å². The molecule has 116 valence electrons. The Morgan fingerprint density at radius 3 is 2.45 bits per heavy atom. The quantitative estimate of drug-likeness (QED) is 0.775. The van der Waals surface area contributed by atoms with Crippen molar-refractivity contribution in [2.45, 2.75) is 76.3 Å². The van der Waals surface area contributed by atoms with Crippen LogP contribution in [-0.4, -0.2) is 42.0 Å². The maximum atomic E-state index is 12.1. The van der Waals surface area contributed by atoms with Gasteiger partial charge in [-0.1, -0.05) is 32.6 Å². The average molecular weight is 281 g/mol. The predicted octanol–water partition coefficient (Wildman–Crippen LogP) is 2.03. The molecule has 2 fully saturated rings. The molecule has 0 bridgehead atoms. The highest BCUT2D eigenvalue weighted by atomic mass is 16.1. The molecule has 2 rings (SSSR count). The van der Waals surface area contributed by atoms with E-state index in [9.17, 15) is 4.79 Å². The molecule has 0 aromatic heterocycles. The van der Waals surface area contributed by atoms with Crippen LogP contribution in [0.25, 0.3) is 0 Å². The third-order valence-electron chi connectivity index (χ3n) is 5.19. The van der Waals surface area contributed by atoms with Gasteiger partial charge in [-0.15, -0.1) is 0 Å². The summed E-state index contributed by atoms with van der Waals surface area (Å²) in [6.45, 7) is 5.34. The summed E-state index contributed by atoms with van der Waals surface area (Å²) in [5.41, 5.74) is 5.34. The number of primary amides is 1. The number of rotatable bonds is 4. The molecule has 1 saturated carbocycles. The second kappa shape index (κ2) is 7.41. The number of hydrogen-bond acceptors (Lipinski definition) is 3. The van der Waals surface area contributed by atoms with E-state index in [4.69, 9.17) is 5.73 Å². The van der Waals surface area contributed by atoms with Crippen LogP contribution in [0.1, 0.15) is 64.7 Å². The van der Waals surface area contributed by atoms with Crippen LogP contribution in [0.4, 0.5) is 0 Å². The lowest BCUT2D eigenvalue weighted by Crippen LogP contribution is -2.59. The van der Waals surface area contributed by atoms with Crippen molar-refractivity contribution in [2.24, 2.45) is 5.73 Å². The van der Waals surface area contributed by atoms with Gasteiger partial charge in [0.15, 0.2) is 0 Å². The lowest BCUT2D eigenvalue weighted by atomic mass is 9.87. The highest BCUT2D eigenvalue weighted by molar-refractivity contribution is 5.84. The first-order valence-electron chi connectivity index (χ1n) is 8.46. The Bertz CT molecular complexity index is 313. The van der Waals surface area contributed by atoms with Gasteiger partial charge in [-0.3, -0.25) is 4.79 Å². The fraction of sp³-hybridized carbons (Fsp3) is 0.938. The molecule has 1 aliphatic carbocycles. The summed E-state index contributed by atoms with van der Waals surface area (Å²) in [5.74, 6) is -0.139. The van der Waals surface area contributed by atoms with E-state index in [0.29, 0.717) is 6.04 Å². The highest BCUT2D eigenvalue weighted by Gasteiger charge is 2.39. The van der Waals surface area contributed by atoms with E-state index in [2.05, 4.69) is 17.1 Å². The van der Waals surface area contributed by atoms with Gasteiger partial charge < -0.3 is 16.0 Å². The molecule has 0 aromatic rings. The predicted molar refractivity (Wildman–Crippen MR) is 82.5 cm³/mol. The third kappa shape index (κ3) is 3.95. The van der Waals surface area contributed by atoms with Gasteiger partial charge in [0.2, 0.25) is 5.91 Å². The van der Waals surface area contributed by atoms with Gasteiger partial charge in [0.25, 0.3) is 0 Å². The average Bonchev–Trinajstić information content (AvgIpc) is 2.80. The van der Waals surface area contributed by atoms with Gasteiger partial charge in [0.05, 0.1) is 5.54 Å². The molecule has 20 heavy (non-hydrogen) atoms. The van der Waals surface area contributed by atoms with E-state index in [1.165, 1.54) is 38.5 Å². The first-order chi connectivity index (χ1) is 9.66. The first-order valence-corrected chi connectivity index (χ1v) is 8.46. The zero-order chi connectivity index (χ0) is 14.4. The molecular formula is C16H31N3O. The van der Waals surface area contributed by atoms with Crippen molar-refractivity contribution in [2.75, 3.05) is 19.6 Å². The molecule has 1 saturated heterocycles. The standard InChI is InChI=1S/C16H31N3O/c1-2-19-12-7-10-16(11-13-19,15(17)20)18-14-8-5-3-4-6-9-14/h14,18H,2-13H2,1H3,(H2,17,20). The van der Waals surface area contributed by atoms with Crippen LogP contribution in [0.5, 0.6) is 0 Å². The number of nitrogens with two attached hydrogens (primary N) is 1. The number of carbonyl (C=O) groups excluding carboxylic acids is 1.